The topological polar surface area (TPSA) is 68.2 Å². The Morgan fingerprint density at radius 2 is 2.03 bits per heavy atom. The number of esters is 1. The van der Waals surface area contributed by atoms with Gasteiger partial charge in [0, 0.05) is 4.43 Å². The van der Waals surface area contributed by atoms with E-state index in [1.54, 1.807) is 0 Å². The van der Waals surface area contributed by atoms with Crippen LogP contribution in [0.25, 0.3) is 0 Å². The average Bonchev–Trinajstić information content (AvgIpc) is 3.07. The van der Waals surface area contributed by atoms with Gasteiger partial charge in [0.05, 0.1) is 0 Å². The molecule has 0 spiro atoms. The fourth-order valence-electron chi connectivity index (χ4n) is 2.82. The van der Waals surface area contributed by atoms with E-state index in [1.807, 2.05) is 30.3 Å². The first-order valence-corrected chi connectivity index (χ1v) is 12.0. The number of hydrogen-bond acceptors (Lipinski definition) is 6. The Labute approximate surface area is 201 Å². The fourth-order valence-corrected chi connectivity index (χ4v) is 4.63. The predicted octanol–water partition coefficient (Wildman–Crippen LogP) is 4.02. The van der Waals surface area contributed by atoms with Gasteiger partial charge < -0.3 is 14.4 Å². The molecule has 2 aliphatic heterocycles. The molecular formula is C18H16Cl3IN2O4S. The van der Waals surface area contributed by atoms with Gasteiger partial charge in [-0.15, -0.1) is 0 Å². The van der Waals surface area contributed by atoms with Gasteiger partial charge in [-0.25, -0.2) is 4.79 Å². The molecule has 3 atom stereocenters. The summed E-state index contributed by atoms with van der Waals surface area (Å²) < 4.78 is 9.54. The zero-order chi connectivity index (χ0) is 21.2. The number of alkyl halides is 4. The molecule has 0 aliphatic carbocycles. The van der Waals surface area contributed by atoms with Crippen LogP contribution >= 0.6 is 69.2 Å². The van der Waals surface area contributed by atoms with E-state index in [9.17, 15) is 9.59 Å². The van der Waals surface area contributed by atoms with Crippen molar-refractivity contribution in [2.45, 2.75) is 21.3 Å². The molecule has 1 aromatic rings. The third-order valence-corrected chi connectivity index (χ3v) is 6.66. The number of halogens is 4. The smallest absolute Gasteiger partial charge is 0.333 e. The normalized spacial score (nSPS) is 21.7. The van der Waals surface area contributed by atoms with E-state index in [0.29, 0.717) is 20.8 Å². The van der Waals surface area contributed by atoms with Gasteiger partial charge in [-0.2, -0.15) is 0 Å². The number of carbonyl (C=O) groups is 2. The Morgan fingerprint density at radius 3 is 2.66 bits per heavy atom. The standard InChI is InChI=1S/C18H16Cl3IN2O4S/c1-10(7-22)14(17(26)28-9-18(19,20)21)24-15(25)13-16(24)29-12(23-13)8-27-11-5-3-2-4-6-11/h2-6,13-14,16H,1,7-9H2. The molecule has 2 heterocycles. The zero-order valence-electron chi connectivity index (χ0n) is 14.9. The lowest BCUT2D eigenvalue weighted by Gasteiger charge is -2.45. The molecule has 11 heteroatoms. The lowest BCUT2D eigenvalue weighted by molar-refractivity contribution is -0.160. The van der Waals surface area contributed by atoms with Crippen LogP contribution in [0.2, 0.25) is 0 Å². The van der Waals surface area contributed by atoms with Crippen molar-refractivity contribution in [2.24, 2.45) is 4.99 Å². The predicted molar refractivity (Wildman–Crippen MR) is 124 cm³/mol. The maximum absolute atomic E-state index is 12.7. The van der Waals surface area contributed by atoms with E-state index in [-0.39, 0.29) is 17.9 Å². The molecule has 0 saturated carbocycles. The minimum absolute atomic E-state index is 0.248. The van der Waals surface area contributed by atoms with E-state index in [2.05, 4.69) is 34.2 Å². The number of rotatable bonds is 8. The lowest BCUT2D eigenvalue weighted by atomic mass is 10.00. The lowest BCUT2D eigenvalue weighted by Crippen LogP contribution is -2.66. The van der Waals surface area contributed by atoms with Gasteiger partial charge in [0.2, 0.25) is 3.79 Å². The number of carbonyl (C=O) groups excluding carboxylic acids is 2. The second kappa shape index (κ2) is 9.64. The Balaban J connectivity index is 1.65. The molecule has 2 aliphatic rings. The van der Waals surface area contributed by atoms with E-state index >= 15 is 0 Å². The van der Waals surface area contributed by atoms with Gasteiger partial charge >= 0.3 is 5.97 Å². The van der Waals surface area contributed by atoms with Gasteiger partial charge in [0.15, 0.2) is 12.1 Å². The number of amides is 1. The molecule has 6 nitrogen and oxygen atoms in total. The number of hydrogen-bond donors (Lipinski definition) is 0. The molecule has 0 radical (unpaired) electrons. The Bertz CT molecular complexity index is 834. The molecule has 0 bridgehead atoms. The number of likely N-dealkylation sites (tertiary alicyclic amines) is 1. The fraction of sp³-hybridized carbons (Fsp3) is 0.389. The molecule has 0 aromatic heterocycles. The number of aliphatic imine (C=N–C) groups is 1. The molecule has 1 saturated heterocycles. The first kappa shape index (κ1) is 23.0. The number of thioether (sulfide) groups is 1. The van der Waals surface area contributed by atoms with Gasteiger partial charge in [-0.1, -0.05) is 93.9 Å². The van der Waals surface area contributed by atoms with Crippen LogP contribution in [0.1, 0.15) is 0 Å². The Morgan fingerprint density at radius 1 is 1.34 bits per heavy atom. The average molecular weight is 590 g/mol. The van der Waals surface area contributed by atoms with Gasteiger partial charge in [0.1, 0.15) is 29.4 Å². The Hall–Kier alpha value is -0.680. The summed E-state index contributed by atoms with van der Waals surface area (Å²) in [6, 6.07) is 7.83. The number of fused-ring (bicyclic) bond motifs is 1. The molecule has 0 N–H and O–H groups in total. The third kappa shape index (κ3) is 5.52. The van der Waals surface area contributed by atoms with Crippen LogP contribution < -0.4 is 4.74 Å². The van der Waals surface area contributed by atoms with Crippen molar-refractivity contribution in [1.29, 1.82) is 0 Å². The van der Waals surface area contributed by atoms with Crippen molar-refractivity contribution in [2.75, 3.05) is 17.6 Å². The number of benzene rings is 1. The highest BCUT2D eigenvalue weighted by Gasteiger charge is 2.57. The van der Waals surface area contributed by atoms with E-state index in [1.165, 1.54) is 16.7 Å². The van der Waals surface area contributed by atoms with Crippen LogP contribution in [0.5, 0.6) is 5.75 Å². The van der Waals surface area contributed by atoms with Crippen LogP contribution in [-0.2, 0) is 14.3 Å². The van der Waals surface area contributed by atoms with Crippen LogP contribution in [0.3, 0.4) is 0 Å². The van der Waals surface area contributed by atoms with Gasteiger partial charge in [-0.3, -0.25) is 9.79 Å². The maximum atomic E-state index is 12.7. The van der Waals surface area contributed by atoms with Crippen LogP contribution in [0.15, 0.2) is 47.5 Å². The highest BCUT2D eigenvalue weighted by molar-refractivity contribution is 14.1. The minimum atomic E-state index is -1.74. The first-order valence-electron chi connectivity index (χ1n) is 8.41. The number of para-hydroxylation sites is 1. The monoisotopic (exact) mass is 588 g/mol. The molecule has 3 rings (SSSR count). The Kier molecular flexibility index (Phi) is 7.64. The summed E-state index contributed by atoms with van der Waals surface area (Å²) in [6.07, 6.45) is 0. The van der Waals surface area contributed by atoms with Gasteiger partial charge in [0.25, 0.3) is 5.91 Å². The molecule has 1 fully saturated rings. The van der Waals surface area contributed by atoms with Crippen molar-refractivity contribution >= 4 is 86.1 Å². The van der Waals surface area contributed by atoms with Crippen molar-refractivity contribution in [3.05, 3.63) is 42.5 Å². The van der Waals surface area contributed by atoms with Gasteiger partial charge in [-0.05, 0) is 17.7 Å². The van der Waals surface area contributed by atoms with Crippen molar-refractivity contribution in [3.63, 3.8) is 0 Å². The van der Waals surface area contributed by atoms with E-state index in [0.717, 1.165) is 0 Å². The summed E-state index contributed by atoms with van der Waals surface area (Å²) >= 11 is 20.4. The number of nitrogens with zero attached hydrogens (tertiary/aromatic N) is 2. The molecule has 1 amide bonds. The third-order valence-electron chi connectivity index (χ3n) is 4.14. The zero-order valence-corrected chi connectivity index (χ0v) is 20.1. The van der Waals surface area contributed by atoms with Crippen molar-refractivity contribution < 1.29 is 19.1 Å². The van der Waals surface area contributed by atoms with Crippen LogP contribution in [-0.4, -0.2) is 60.7 Å². The largest absolute Gasteiger partial charge is 0.487 e. The first-order chi connectivity index (χ1) is 13.7. The second-order valence-electron chi connectivity index (χ2n) is 6.24. The van der Waals surface area contributed by atoms with E-state index in [4.69, 9.17) is 44.3 Å². The highest BCUT2D eigenvalue weighted by atomic mass is 127. The van der Waals surface area contributed by atoms with Crippen LogP contribution in [0, 0.1) is 0 Å². The second-order valence-corrected chi connectivity index (χ2v) is 10.7. The molecule has 1 aromatic carbocycles. The number of β-lactam (4-membered cyclic amide) rings is 1. The molecule has 156 valence electrons. The number of ether oxygens (including phenoxy) is 2. The summed E-state index contributed by atoms with van der Waals surface area (Å²) in [5, 5.41) is 0.370. The summed E-state index contributed by atoms with van der Waals surface area (Å²) in [7, 11) is 0. The molecule has 29 heavy (non-hydrogen) atoms. The van der Waals surface area contributed by atoms with E-state index < -0.39 is 28.5 Å². The van der Waals surface area contributed by atoms with Crippen molar-refractivity contribution in [1.82, 2.24) is 4.90 Å². The molecular weight excluding hydrogens is 574 g/mol. The summed E-state index contributed by atoms with van der Waals surface area (Å²) in [4.78, 5) is 31.2. The van der Waals surface area contributed by atoms with Crippen LogP contribution in [0.4, 0.5) is 0 Å². The minimum Gasteiger partial charge on any atom is -0.487 e. The SMILES string of the molecule is C=C(CI)C(C(=O)OCC(Cl)(Cl)Cl)N1C(=O)C2N=C(COc3ccccc3)SC21. The maximum Gasteiger partial charge on any atom is 0.333 e. The molecule has 3 unspecified atom stereocenters. The summed E-state index contributed by atoms with van der Waals surface area (Å²) in [5.41, 5.74) is 0.529. The summed E-state index contributed by atoms with van der Waals surface area (Å²) in [5.74, 6) is -0.233. The quantitative estimate of drug-likeness (QED) is 0.151. The summed E-state index contributed by atoms with van der Waals surface area (Å²) in [6.45, 7) is 3.74. The highest BCUT2D eigenvalue weighted by Crippen LogP contribution is 2.42. The van der Waals surface area contributed by atoms with Crippen molar-refractivity contribution in [3.8, 4) is 5.75 Å².